The Morgan fingerprint density at radius 1 is 1.07 bits per heavy atom. The lowest BCUT2D eigenvalue weighted by molar-refractivity contribution is 0.711. The van der Waals surface area contributed by atoms with Gasteiger partial charge in [0, 0.05) is 11.8 Å². The van der Waals surface area contributed by atoms with Crippen LogP contribution in [0.3, 0.4) is 0 Å². The molecule has 0 saturated carbocycles. The van der Waals surface area contributed by atoms with Crippen LogP contribution in [0.4, 0.5) is 4.39 Å². The van der Waals surface area contributed by atoms with E-state index in [1.165, 1.54) is 11.1 Å². The summed E-state index contributed by atoms with van der Waals surface area (Å²) in [6.45, 7) is 3.81. The van der Waals surface area contributed by atoms with Gasteiger partial charge in [0.1, 0.15) is 0 Å². The zero-order chi connectivity index (χ0) is 10.7. The molecule has 1 aromatic carbocycles. The van der Waals surface area contributed by atoms with E-state index in [0.29, 0.717) is 6.33 Å². The first-order chi connectivity index (χ1) is 7.36. The van der Waals surface area contributed by atoms with Gasteiger partial charge in [-0.15, -0.1) is 6.58 Å². The number of rotatable bonds is 2. The van der Waals surface area contributed by atoms with Gasteiger partial charge >= 0.3 is 0 Å². The van der Waals surface area contributed by atoms with Crippen molar-refractivity contribution in [3.8, 4) is 0 Å². The maximum Gasteiger partial charge on any atom is 0.0836 e. The van der Waals surface area contributed by atoms with Crippen molar-refractivity contribution in [3.63, 3.8) is 0 Å². The fourth-order valence-electron chi connectivity index (χ4n) is 2.02. The van der Waals surface area contributed by atoms with E-state index < -0.39 is 0 Å². The van der Waals surface area contributed by atoms with Crippen molar-refractivity contribution in [2.75, 3.05) is 0 Å². The lowest BCUT2D eigenvalue weighted by Gasteiger charge is -2.22. The molecule has 0 aliphatic heterocycles. The molecule has 0 amide bonds. The van der Waals surface area contributed by atoms with E-state index in [0.717, 1.165) is 0 Å². The summed E-state index contributed by atoms with van der Waals surface area (Å²) < 4.78 is 12.2. The molecule has 2 atom stereocenters. The first-order valence-electron chi connectivity index (χ1n) is 5.03. The molecule has 1 heteroatoms. The van der Waals surface area contributed by atoms with Gasteiger partial charge in [-0.25, -0.2) is 4.39 Å². The van der Waals surface area contributed by atoms with Crippen molar-refractivity contribution in [3.05, 3.63) is 72.6 Å². The average molecular weight is 200 g/mol. The highest BCUT2D eigenvalue weighted by molar-refractivity contribution is 5.45. The van der Waals surface area contributed by atoms with Gasteiger partial charge in [-0.3, -0.25) is 0 Å². The molecule has 2 unspecified atom stereocenters. The van der Waals surface area contributed by atoms with E-state index >= 15 is 0 Å². The lowest BCUT2D eigenvalue weighted by Crippen LogP contribution is -2.06. The summed E-state index contributed by atoms with van der Waals surface area (Å²) in [5.74, 6) is 0.313. The molecular formula is C14H13F. The molecule has 0 saturated heterocycles. The minimum absolute atomic E-state index is 0.0578. The van der Waals surface area contributed by atoms with Crippen LogP contribution in [-0.2, 0) is 0 Å². The maximum atomic E-state index is 12.2. The molecule has 2 rings (SSSR count). The Morgan fingerprint density at radius 3 is 2.27 bits per heavy atom. The molecule has 0 spiro atoms. The van der Waals surface area contributed by atoms with Gasteiger partial charge in [-0.1, -0.05) is 42.5 Å². The van der Waals surface area contributed by atoms with Gasteiger partial charge in [0.15, 0.2) is 0 Å². The Labute approximate surface area is 89.4 Å². The van der Waals surface area contributed by atoms with Gasteiger partial charge in [-0.2, -0.15) is 0 Å². The van der Waals surface area contributed by atoms with E-state index in [2.05, 4.69) is 18.7 Å². The summed E-state index contributed by atoms with van der Waals surface area (Å²) in [5.41, 5.74) is 2.39. The fourth-order valence-corrected chi connectivity index (χ4v) is 2.02. The van der Waals surface area contributed by atoms with Crippen LogP contribution in [0.2, 0.25) is 0 Å². The van der Waals surface area contributed by atoms with Gasteiger partial charge in [0.2, 0.25) is 0 Å². The molecule has 1 aliphatic carbocycles. The van der Waals surface area contributed by atoms with Gasteiger partial charge in [0.25, 0.3) is 0 Å². The summed E-state index contributed by atoms with van der Waals surface area (Å²) >= 11 is 0. The summed E-state index contributed by atoms with van der Waals surface area (Å²) in [4.78, 5) is 0. The number of hydrogen-bond acceptors (Lipinski definition) is 0. The Balaban J connectivity index is 2.49. The number of allylic oxidation sites excluding steroid dienone is 4. The van der Waals surface area contributed by atoms with Crippen molar-refractivity contribution in [1.29, 1.82) is 0 Å². The number of hydrogen-bond donors (Lipinski definition) is 0. The Hall–Kier alpha value is -1.63. The third-order valence-electron chi connectivity index (χ3n) is 2.77. The molecule has 0 N–H and O–H groups in total. The Bertz CT molecular complexity index is 415. The molecule has 1 aliphatic rings. The number of benzene rings is 1. The molecular weight excluding hydrogens is 187 g/mol. The van der Waals surface area contributed by atoms with E-state index in [-0.39, 0.29) is 11.8 Å². The first-order valence-corrected chi connectivity index (χ1v) is 5.03. The molecule has 0 heterocycles. The molecule has 15 heavy (non-hydrogen) atoms. The Kier molecular flexibility index (Phi) is 2.82. The molecule has 0 aromatic heterocycles. The van der Waals surface area contributed by atoms with Gasteiger partial charge in [-0.05, 0) is 17.2 Å². The molecule has 1 aromatic rings. The van der Waals surface area contributed by atoms with Crippen LogP contribution >= 0.6 is 0 Å². The smallest absolute Gasteiger partial charge is 0.0836 e. The van der Waals surface area contributed by atoms with Crippen molar-refractivity contribution in [2.45, 2.75) is 11.8 Å². The maximum absolute atomic E-state index is 12.2. The molecule has 0 bridgehead atoms. The van der Waals surface area contributed by atoms with Crippen molar-refractivity contribution < 1.29 is 4.39 Å². The van der Waals surface area contributed by atoms with Crippen LogP contribution in [0, 0.1) is 0 Å². The minimum Gasteiger partial charge on any atom is -0.216 e. The molecule has 0 fully saturated rings. The second-order valence-electron chi connectivity index (χ2n) is 3.62. The second kappa shape index (κ2) is 4.26. The van der Waals surface area contributed by atoms with Crippen molar-refractivity contribution >= 4 is 0 Å². The topological polar surface area (TPSA) is 0 Å². The van der Waals surface area contributed by atoms with E-state index in [1.54, 1.807) is 6.08 Å². The molecule has 76 valence electrons. The summed E-state index contributed by atoms with van der Waals surface area (Å²) in [6.07, 6.45) is 8.17. The zero-order valence-corrected chi connectivity index (χ0v) is 8.44. The van der Waals surface area contributed by atoms with E-state index in [4.69, 9.17) is 0 Å². The zero-order valence-electron chi connectivity index (χ0n) is 8.44. The normalized spacial score (nSPS) is 24.1. The lowest BCUT2D eigenvalue weighted by atomic mass is 9.82. The van der Waals surface area contributed by atoms with Crippen LogP contribution in [0.5, 0.6) is 0 Å². The fraction of sp³-hybridized carbons (Fsp3) is 0.143. The van der Waals surface area contributed by atoms with Crippen LogP contribution in [-0.4, -0.2) is 0 Å². The number of fused-ring (bicyclic) bond motifs is 1. The third-order valence-corrected chi connectivity index (χ3v) is 2.77. The molecule has 0 radical (unpaired) electrons. The summed E-state index contributed by atoms with van der Waals surface area (Å²) in [5, 5.41) is 0. The average Bonchev–Trinajstić information content (AvgIpc) is 2.30. The van der Waals surface area contributed by atoms with Crippen LogP contribution in [0.1, 0.15) is 23.0 Å². The highest BCUT2D eigenvalue weighted by Gasteiger charge is 2.18. The summed E-state index contributed by atoms with van der Waals surface area (Å²) in [6, 6.07) is 8.10. The third kappa shape index (κ3) is 1.78. The summed E-state index contributed by atoms with van der Waals surface area (Å²) in [7, 11) is 0. The highest BCUT2D eigenvalue weighted by Crippen LogP contribution is 2.34. The van der Waals surface area contributed by atoms with Crippen LogP contribution in [0.25, 0.3) is 0 Å². The first kappa shape index (κ1) is 9.91. The standard InChI is InChI=1S/C14H13F/c1-2-11-7-8-12(9-10-15)14-6-4-3-5-13(11)14/h2-12H,1H2/b10-9+. The SMILES string of the molecule is C=CC1C=CC(/C=C/F)c2ccccc21. The van der Waals surface area contributed by atoms with Crippen molar-refractivity contribution in [2.24, 2.45) is 0 Å². The van der Waals surface area contributed by atoms with Crippen molar-refractivity contribution in [1.82, 2.24) is 0 Å². The van der Waals surface area contributed by atoms with E-state index in [9.17, 15) is 4.39 Å². The van der Waals surface area contributed by atoms with Gasteiger partial charge < -0.3 is 0 Å². The van der Waals surface area contributed by atoms with E-state index in [1.807, 2.05) is 30.4 Å². The van der Waals surface area contributed by atoms with Gasteiger partial charge in [0.05, 0.1) is 6.33 Å². The predicted molar refractivity (Wildman–Crippen MR) is 61.5 cm³/mol. The minimum atomic E-state index is 0.0578. The highest BCUT2D eigenvalue weighted by atomic mass is 19.1. The van der Waals surface area contributed by atoms with Crippen LogP contribution < -0.4 is 0 Å². The van der Waals surface area contributed by atoms with Crippen LogP contribution in [0.15, 0.2) is 61.5 Å². The largest absolute Gasteiger partial charge is 0.216 e. The number of halogens is 1. The Morgan fingerprint density at radius 2 is 1.67 bits per heavy atom. The molecule has 0 nitrogen and oxygen atoms in total. The monoisotopic (exact) mass is 200 g/mol. The quantitative estimate of drug-likeness (QED) is 0.631. The predicted octanol–water partition coefficient (Wildman–Crippen LogP) is 4.09. The second-order valence-corrected chi connectivity index (χ2v) is 3.62.